The zero-order valence-corrected chi connectivity index (χ0v) is 10.3. The molecule has 5 heteroatoms. The Balaban J connectivity index is 2.42. The van der Waals surface area contributed by atoms with Gasteiger partial charge in [-0.05, 0) is 26.1 Å². The zero-order chi connectivity index (χ0) is 10.8. The van der Waals surface area contributed by atoms with Gasteiger partial charge in [0.15, 0.2) is 4.96 Å². The first kappa shape index (κ1) is 10.5. The number of aliphatic imine (C=N–C) groups is 1. The smallest absolute Gasteiger partial charge is 0.194 e. The third kappa shape index (κ3) is 1.86. The van der Waals surface area contributed by atoms with Gasteiger partial charge in [0.1, 0.15) is 0 Å². The third-order valence-electron chi connectivity index (χ3n) is 2.35. The molecule has 0 amide bonds. The van der Waals surface area contributed by atoms with Crippen LogP contribution in [0.3, 0.4) is 0 Å². The lowest BCUT2D eigenvalue weighted by Crippen LogP contribution is -1.98. The second-order valence-electron chi connectivity index (χ2n) is 3.36. The molecule has 0 fully saturated rings. The summed E-state index contributed by atoms with van der Waals surface area (Å²) in [5.41, 5.74) is 3.55. The molecule has 0 unspecified atom stereocenters. The molecule has 0 aliphatic rings. The molecule has 0 saturated heterocycles. The first-order valence-electron chi connectivity index (χ1n) is 4.69. The molecule has 3 nitrogen and oxygen atoms in total. The fraction of sp³-hybridized carbons (Fsp3) is 0.400. The lowest BCUT2D eigenvalue weighted by atomic mass is 10.2. The standard InChI is InChI=1S/C10H11N3S2/c1-7-5-15-10-12-8(2)9(13(7)10)3-4-11-6-14/h5H,3-4H2,1-2H3. The molecule has 0 aromatic carbocycles. The van der Waals surface area contributed by atoms with Gasteiger partial charge < -0.3 is 0 Å². The fourth-order valence-corrected chi connectivity index (χ4v) is 2.69. The van der Waals surface area contributed by atoms with E-state index in [1.54, 1.807) is 11.3 Å². The van der Waals surface area contributed by atoms with E-state index in [2.05, 4.69) is 44.1 Å². The fourth-order valence-electron chi connectivity index (χ4n) is 1.67. The van der Waals surface area contributed by atoms with Crippen LogP contribution in [0.5, 0.6) is 0 Å². The van der Waals surface area contributed by atoms with Crippen LogP contribution in [0.1, 0.15) is 17.1 Å². The molecule has 0 atom stereocenters. The molecule has 0 saturated carbocycles. The average Bonchev–Trinajstić information content (AvgIpc) is 2.70. The maximum atomic E-state index is 4.55. The van der Waals surface area contributed by atoms with Crippen molar-refractivity contribution in [3.63, 3.8) is 0 Å². The molecule has 15 heavy (non-hydrogen) atoms. The van der Waals surface area contributed by atoms with Crippen LogP contribution in [0.25, 0.3) is 4.96 Å². The second-order valence-corrected chi connectivity index (χ2v) is 4.38. The zero-order valence-electron chi connectivity index (χ0n) is 8.65. The van der Waals surface area contributed by atoms with Crippen molar-refractivity contribution in [2.24, 2.45) is 4.99 Å². The lowest BCUT2D eigenvalue weighted by molar-refractivity contribution is 0.889. The van der Waals surface area contributed by atoms with E-state index in [4.69, 9.17) is 0 Å². The Morgan fingerprint density at radius 1 is 1.60 bits per heavy atom. The lowest BCUT2D eigenvalue weighted by Gasteiger charge is -1.99. The number of thiocarbonyl (C=S) groups is 1. The molecule has 2 heterocycles. The van der Waals surface area contributed by atoms with Gasteiger partial charge in [-0.2, -0.15) is 0 Å². The van der Waals surface area contributed by atoms with E-state index in [0.717, 1.165) is 17.1 Å². The van der Waals surface area contributed by atoms with Crippen LogP contribution in [0.15, 0.2) is 10.4 Å². The summed E-state index contributed by atoms with van der Waals surface area (Å²) in [5.74, 6) is 0. The quantitative estimate of drug-likeness (QED) is 0.607. The second kappa shape index (κ2) is 4.23. The van der Waals surface area contributed by atoms with Crippen LogP contribution in [0.2, 0.25) is 0 Å². The van der Waals surface area contributed by atoms with E-state index in [0.29, 0.717) is 6.54 Å². The maximum Gasteiger partial charge on any atom is 0.194 e. The highest BCUT2D eigenvalue weighted by molar-refractivity contribution is 7.78. The minimum atomic E-state index is 0.688. The summed E-state index contributed by atoms with van der Waals surface area (Å²) in [6.07, 6.45) is 0.869. The van der Waals surface area contributed by atoms with Gasteiger partial charge in [0.25, 0.3) is 0 Å². The molecule has 0 aliphatic heterocycles. The van der Waals surface area contributed by atoms with E-state index in [9.17, 15) is 0 Å². The molecule has 2 aromatic rings. The molecule has 2 aromatic heterocycles. The number of fused-ring (bicyclic) bond motifs is 1. The summed E-state index contributed by atoms with van der Waals surface area (Å²) in [5, 5.41) is 4.51. The van der Waals surface area contributed by atoms with Crippen molar-refractivity contribution in [1.82, 2.24) is 9.38 Å². The minimum Gasteiger partial charge on any atom is -0.292 e. The Morgan fingerprint density at radius 2 is 2.40 bits per heavy atom. The minimum absolute atomic E-state index is 0.688. The molecule has 2 rings (SSSR count). The van der Waals surface area contributed by atoms with Gasteiger partial charge in [-0.3, -0.25) is 4.40 Å². The predicted octanol–water partition coefficient (Wildman–Crippen LogP) is 2.66. The highest BCUT2D eigenvalue weighted by Gasteiger charge is 2.11. The van der Waals surface area contributed by atoms with Gasteiger partial charge in [-0.25, -0.2) is 9.98 Å². The number of imidazole rings is 1. The molecule has 0 aliphatic carbocycles. The van der Waals surface area contributed by atoms with Gasteiger partial charge in [-0.15, -0.1) is 11.3 Å². The maximum absolute atomic E-state index is 4.55. The van der Waals surface area contributed by atoms with Gasteiger partial charge in [0.2, 0.25) is 0 Å². The number of hydrogen-bond donors (Lipinski definition) is 0. The van der Waals surface area contributed by atoms with E-state index in [-0.39, 0.29) is 0 Å². The van der Waals surface area contributed by atoms with Crippen LogP contribution in [-0.4, -0.2) is 21.1 Å². The molecular formula is C10H11N3S2. The Morgan fingerprint density at radius 3 is 3.13 bits per heavy atom. The van der Waals surface area contributed by atoms with Crippen LogP contribution in [0.4, 0.5) is 0 Å². The number of rotatable bonds is 3. The van der Waals surface area contributed by atoms with Crippen LogP contribution >= 0.6 is 23.6 Å². The Kier molecular flexibility index (Phi) is 2.95. The average molecular weight is 237 g/mol. The molecule has 0 bridgehead atoms. The van der Waals surface area contributed by atoms with E-state index >= 15 is 0 Å². The topological polar surface area (TPSA) is 29.7 Å². The monoisotopic (exact) mass is 237 g/mol. The van der Waals surface area contributed by atoms with Gasteiger partial charge >= 0.3 is 0 Å². The van der Waals surface area contributed by atoms with Gasteiger partial charge in [-0.1, -0.05) is 0 Å². The molecular weight excluding hydrogens is 226 g/mol. The van der Waals surface area contributed by atoms with Crippen molar-refractivity contribution in [2.75, 3.05) is 6.54 Å². The molecule has 78 valence electrons. The number of nitrogens with zero attached hydrogens (tertiary/aromatic N) is 3. The highest BCUT2D eigenvalue weighted by Crippen LogP contribution is 2.20. The summed E-state index contributed by atoms with van der Waals surface area (Å²) in [6.45, 7) is 4.82. The van der Waals surface area contributed by atoms with Crippen molar-refractivity contribution >= 4 is 33.7 Å². The summed E-state index contributed by atoms with van der Waals surface area (Å²) in [4.78, 5) is 9.50. The van der Waals surface area contributed by atoms with Gasteiger partial charge in [0, 0.05) is 23.2 Å². The molecule has 0 radical (unpaired) electrons. The van der Waals surface area contributed by atoms with Crippen molar-refractivity contribution in [3.05, 3.63) is 22.5 Å². The normalized spacial score (nSPS) is 10.5. The number of hydrogen-bond acceptors (Lipinski definition) is 4. The largest absolute Gasteiger partial charge is 0.292 e. The Labute approximate surface area is 97.5 Å². The number of isothiocyanates is 1. The number of aryl methyl sites for hydroxylation is 2. The number of thiazole rings is 1. The highest BCUT2D eigenvalue weighted by atomic mass is 32.1. The van der Waals surface area contributed by atoms with Crippen molar-refractivity contribution in [3.8, 4) is 0 Å². The van der Waals surface area contributed by atoms with Crippen LogP contribution in [-0.2, 0) is 6.42 Å². The summed E-state index contributed by atoms with van der Waals surface area (Å²) >= 11 is 6.22. The Bertz CT molecular complexity index is 532. The van der Waals surface area contributed by atoms with Crippen LogP contribution < -0.4 is 0 Å². The third-order valence-corrected chi connectivity index (χ3v) is 3.43. The van der Waals surface area contributed by atoms with Crippen molar-refractivity contribution < 1.29 is 0 Å². The first-order chi connectivity index (χ1) is 7.24. The SMILES string of the molecule is Cc1nc2scc(C)n2c1CCN=C=S. The summed E-state index contributed by atoms with van der Waals surface area (Å²) in [7, 11) is 0. The first-order valence-corrected chi connectivity index (χ1v) is 5.98. The van der Waals surface area contributed by atoms with E-state index in [1.807, 2.05) is 6.92 Å². The molecule has 0 N–H and O–H groups in total. The van der Waals surface area contributed by atoms with E-state index < -0.39 is 0 Å². The van der Waals surface area contributed by atoms with Crippen molar-refractivity contribution in [1.29, 1.82) is 0 Å². The van der Waals surface area contributed by atoms with Crippen LogP contribution in [0, 0.1) is 13.8 Å². The summed E-state index contributed by atoms with van der Waals surface area (Å²) < 4.78 is 2.19. The summed E-state index contributed by atoms with van der Waals surface area (Å²) in [6, 6.07) is 0. The predicted molar refractivity (Wildman–Crippen MR) is 66.1 cm³/mol. The number of aromatic nitrogens is 2. The van der Waals surface area contributed by atoms with E-state index in [1.165, 1.54) is 11.4 Å². The Hall–Kier alpha value is -1.03. The van der Waals surface area contributed by atoms with Gasteiger partial charge in [0.05, 0.1) is 17.4 Å². The molecule has 0 spiro atoms. The van der Waals surface area contributed by atoms with Crippen molar-refractivity contribution in [2.45, 2.75) is 20.3 Å².